The maximum absolute atomic E-state index is 5.31. The minimum Gasteiger partial charge on any atom is -0.497 e. The van der Waals surface area contributed by atoms with Crippen molar-refractivity contribution in [3.05, 3.63) is 41.0 Å². The second-order valence-electron chi connectivity index (χ2n) is 5.33. The molecule has 0 saturated carbocycles. The van der Waals surface area contributed by atoms with E-state index in [0.717, 1.165) is 12.3 Å². The van der Waals surface area contributed by atoms with E-state index in [2.05, 4.69) is 23.5 Å². The van der Waals surface area contributed by atoms with Gasteiger partial charge in [-0.2, -0.15) is 0 Å². The van der Waals surface area contributed by atoms with Crippen LogP contribution in [0.25, 0.3) is 0 Å². The molecule has 18 heavy (non-hydrogen) atoms. The highest BCUT2D eigenvalue weighted by molar-refractivity contribution is 5.33. The molecule has 0 fully saturated rings. The van der Waals surface area contributed by atoms with Crippen molar-refractivity contribution in [2.75, 3.05) is 13.7 Å². The quantitative estimate of drug-likeness (QED) is 0.801. The molecule has 0 bridgehead atoms. The third kappa shape index (κ3) is 2.30. The third-order valence-corrected chi connectivity index (χ3v) is 4.22. The topological polar surface area (TPSA) is 21.3 Å². The summed E-state index contributed by atoms with van der Waals surface area (Å²) in [7, 11) is 1.73. The van der Waals surface area contributed by atoms with Crippen LogP contribution in [0.4, 0.5) is 0 Å². The van der Waals surface area contributed by atoms with E-state index < -0.39 is 0 Å². The van der Waals surface area contributed by atoms with Gasteiger partial charge in [0.15, 0.2) is 0 Å². The molecule has 0 spiro atoms. The number of rotatable bonds is 2. The zero-order chi connectivity index (χ0) is 12.4. The Kier molecular flexibility index (Phi) is 3.37. The van der Waals surface area contributed by atoms with Crippen molar-refractivity contribution >= 4 is 0 Å². The first-order chi connectivity index (χ1) is 8.86. The third-order valence-electron chi connectivity index (χ3n) is 4.22. The van der Waals surface area contributed by atoms with Crippen LogP contribution in [-0.4, -0.2) is 13.7 Å². The number of hydrogen-bond donors (Lipinski definition) is 1. The summed E-state index contributed by atoms with van der Waals surface area (Å²) >= 11 is 0. The van der Waals surface area contributed by atoms with Crippen LogP contribution in [0.3, 0.4) is 0 Å². The second kappa shape index (κ2) is 5.15. The zero-order valence-corrected chi connectivity index (χ0v) is 11.0. The predicted octanol–water partition coefficient (Wildman–Crippen LogP) is 3.60. The zero-order valence-electron chi connectivity index (χ0n) is 11.0. The largest absolute Gasteiger partial charge is 0.497 e. The SMILES string of the molecule is COc1cccc([C@@H]2CC3=C(CCCC3)CN2)c1. The molecule has 2 aliphatic rings. The van der Waals surface area contributed by atoms with Crippen molar-refractivity contribution in [3.8, 4) is 5.75 Å². The van der Waals surface area contributed by atoms with E-state index in [1.807, 2.05) is 6.07 Å². The van der Waals surface area contributed by atoms with Crippen LogP contribution in [0.2, 0.25) is 0 Å². The van der Waals surface area contributed by atoms with Gasteiger partial charge in [-0.05, 0) is 49.8 Å². The number of methoxy groups -OCH3 is 1. The van der Waals surface area contributed by atoms with Gasteiger partial charge >= 0.3 is 0 Å². The molecule has 0 unspecified atom stereocenters. The molecule has 0 amide bonds. The first-order valence-corrected chi connectivity index (χ1v) is 6.94. The van der Waals surface area contributed by atoms with Crippen LogP contribution in [0.5, 0.6) is 5.75 Å². The molecule has 1 aliphatic heterocycles. The Balaban J connectivity index is 1.80. The lowest BCUT2D eigenvalue weighted by molar-refractivity contribution is 0.412. The molecule has 2 heteroatoms. The molecule has 0 radical (unpaired) electrons. The molecule has 2 nitrogen and oxygen atoms in total. The minimum atomic E-state index is 0.469. The van der Waals surface area contributed by atoms with Crippen molar-refractivity contribution in [1.29, 1.82) is 0 Å². The van der Waals surface area contributed by atoms with Gasteiger partial charge in [0.2, 0.25) is 0 Å². The van der Waals surface area contributed by atoms with E-state index in [1.165, 1.54) is 37.7 Å². The molecule has 1 aromatic carbocycles. The summed E-state index contributed by atoms with van der Waals surface area (Å²) in [5.74, 6) is 0.956. The highest BCUT2D eigenvalue weighted by Gasteiger charge is 2.23. The van der Waals surface area contributed by atoms with Gasteiger partial charge in [-0.25, -0.2) is 0 Å². The maximum atomic E-state index is 5.31. The number of ether oxygens (including phenoxy) is 1. The number of benzene rings is 1. The van der Waals surface area contributed by atoms with Gasteiger partial charge < -0.3 is 10.1 Å². The lowest BCUT2D eigenvalue weighted by Crippen LogP contribution is -2.30. The Bertz CT molecular complexity index is 464. The Morgan fingerprint density at radius 2 is 2.00 bits per heavy atom. The molecule has 3 rings (SSSR count). The molecule has 1 aliphatic carbocycles. The second-order valence-corrected chi connectivity index (χ2v) is 5.33. The van der Waals surface area contributed by atoms with Crippen LogP contribution in [0.15, 0.2) is 35.4 Å². The summed E-state index contributed by atoms with van der Waals surface area (Å²) < 4.78 is 5.31. The molecule has 0 saturated heterocycles. The van der Waals surface area contributed by atoms with Crippen molar-refractivity contribution < 1.29 is 4.74 Å². The fourth-order valence-electron chi connectivity index (χ4n) is 3.15. The van der Waals surface area contributed by atoms with Crippen molar-refractivity contribution in [1.82, 2.24) is 5.32 Å². The van der Waals surface area contributed by atoms with Crippen LogP contribution in [0.1, 0.15) is 43.7 Å². The van der Waals surface area contributed by atoms with E-state index in [0.29, 0.717) is 6.04 Å². The Labute approximate surface area is 109 Å². The van der Waals surface area contributed by atoms with E-state index in [-0.39, 0.29) is 0 Å². The van der Waals surface area contributed by atoms with E-state index >= 15 is 0 Å². The summed E-state index contributed by atoms with van der Waals surface area (Å²) in [5.41, 5.74) is 4.75. The predicted molar refractivity (Wildman–Crippen MR) is 73.8 cm³/mol. The van der Waals surface area contributed by atoms with Crippen LogP contribution in [0, 0.1) is 0 Å². The molecule has 0 aromatic heterocycles. The smallest absolute Gasteiger partial charge is 0.119 e. The van der Waals surface area contributed by atoms with Gasteiger partial charge in [0.05, 0.1) is 7.11 Å². The lowest BCUT2D eigenvalue weighted by Gasteiger charge is -2.32. The maximum Gasteiger partial charge on any atom is 0.119 e. The lowest BCUT2D eigenvalue weighted by atomic mass is 9.83. The number of nitrogens with one attached hydrogen (secondary N) is 1. The van der Waals surface area contributed by atoms with Gasteiger partial charge in [0.1, 0.15) is 5.75 Å². The standard InChI is InChI=1S/C16H21NO/c1-18-15-8-4-7-13(9-15)16-10-12-5-2-3-6-14(12)11-17-16/h4,7-9,16-17H,2-3,5-6,10-11H2,1H3/t16-/m0/s1. The van der Waals surface area contributed by atoms with Crippen LogP contribution >= 0.6 is 0 Å². The van der Waals surface area contributed by atoms with Gasteiger partial charge in [0, 0.05) is 12.6 Å². The molecule has 1 aromatic rings. The van der Waals surface area contributed by atoms with Crippen LogP contribution < -0.4 is 10.1 Å². The van der Waals surface area contributed by atoms with Crippen LogP contribution in [-0.2, 0) is 0 Å². The molecule has 96 valence electrons. The normalized spacial score (nSPS) is 23.7. The first kappa shape index (κ1) is 11.8. The first-order valence-electron chi connectivity index (χ1n) is 6.94. The van der Waals surface area contributed by atoms with Crippen molar-refractivity contribution in [3.63, 3.8) is 0 Å². The molecule has 1 atom stereocenters. The highest BCUT2D eigenvalue weighted by Crippen LogP contribution is 2.35. The van der Waals surface area contributed by atoms with Crippen molar-refractivity contribution in [2.45, 2.75) is 38.1 Å². The summed E-state index contributed by atoms with van der Waals surface area (Å²) in [6.07, 6.45) is 6.57. The Morgan fingerprint density at radius 1 is 1.17 bits per heavy atom. The van der Waals surface area contributed by atoms with Gasteiger partial charge in [-0.3, -0.25) is 0 Å². The summed E-state index contributed by atoms with van der Waals surface area (Å²) in [6.45, 7) is 1.08. The highest BCUT2D eigenvalue weighted by atomic mass is 16.5. The summed E-state index contributed by atoms with van der Waals surface area (Å²) in [6, 6.07) is 8.93. The molecule has 1 N–H and O–H groups in total. The average molecular weight is 243 g/mol. The van der Waals surface area contributed by atoms with Gasteiger partial charge in [0.25, 0.3) is 0 Å². The fraction of sp³-hybridized carbons (Fsp3) is 0.500. The molecule has 1 heterocycles. The van der Waals surface area contributed by atoms with Gasteiger partial charge in [-0.1, -0.05) is 23.3 Å². The summed E-state index contributed by atoms with van der Waals surface area (Å²) in [5, 5.41) is 3.67. The minimum absolute atomic E-state index is 0.469. The average Bonchev–Trinajstić information content (AvgIpc) is 2.47. The van der Waals surface area contributed by atoms with Gasteiger partial charge in [-0.15, -0.1) is 0 Å². The monoisotopic (exact) mass is 243 g/mol. The Morgan fingerprint density at radius 3 is 2.83 bits per heavy atom. The number of hydrogen-bond acceptors (Lipinski definition) is 2. The molecular formula is C16H21NO. The van der Waals surface area contributed by atoms with Crippen molar-refractivity contribution in [2.24, 2.45) is 0 Å². The fourth-order valence-corrected chi connectivity index (χ4v) is 3.15. The Hall–Kier alpha value is -1.28. The van der Waals surface area contributed by atoms with E-state index in [1.54, 1.807) is 18.3 Å². The molecular weight excluding hydrogens is 222 g/mol. The van der Waals surface area contributed by atoms with E-state index in [9.17, 15) is 0 Å². The van der Waals surface area contributed by atoms with E-state index in [4.69, 9.17) is 4.74 Å². The summed E-state index contributed by atoms with van der Waals surface area (Å²) in [4.78, 5) is 0.